The maximum atomic E-state index is 12.6. The Kier molecular flexibility index (Phi) is 9.59. The second-order valence-electron chi connectivity index (χ2n) is 7.52. The van der Waals surface area contributed by atoms with Crippen LogP contribution in [-0.4, -0.2) is 39.4 Å². The van der Waals surface area contributed by atoms with Gasteiger partial charge in [0, 0.05) is 11.6 Å². The fourth-order valence-electron chi connectivity index (χ4n) is 3.22. The Labute approximate surface area is 218 Å². The van der Waals surface area contributed by atoms with Crippen LogP contribution >= 0.6 is 35.0 Å². The normalized spacial score (nSPS) is 11.5. The van der Waals surface area contributed by atoms with Crippen LogP contribution in [0.5, 0.6) is 5.75 Å². The van der Waals surface area contributed by atoms with Gasteiger partial charge in [-0.2, -0.15) is 0 Å². The van der Waals surface area contributed by atoms with Crippen molar-refractivity contribution < 1.29 is 14.3 Å². The highest BCUT2D eigenvalue weighted by molar-refractivity contribution is 7.99. The minimum atomic E-state index is -0.399. The lowest BCUT2D eigenvalue weighted by atomic mass is 10.1. The molecule has 3 rings (SSSR count). The highest BCUT2D eigenvalue weighted by Gasteiger charge is 2.20. The van der Waals surface area contributed by atoms with Crippen LogP contribution in [0, 0.1) is 0 Å². The Morgan fingerprint density at radius 2 is 1.91 bits per heavy atom. The number of benzene rings is 2. The monoisotopic (exact) mass is 533 g/mol. The summed E-state index contributed by atoms with van der Waals surface area (Å²) in [5.41, 5.74) is 1.34. The van der Waals surface area contributed by atoms with E-state index in [-0.39, 0.29) is 24.0 Å². The molecule has 1 aromatic heterocycles. The molecule has 2 aromatic carbocycles. The number of amides is 2. The van der Waals surface area contributed by atoms with Crippen molar-refractivity contribution in [2.45, 2.75) is 31.1 Å². The predicted molar refractivity (Wildman–Crippen MR) is 139 cm³/mol. The fraction of sp³-hybridized carbons (Fsp3) is 0.250. The van der Waals surface area contributed by atoms with Crippen molar-refractivity contribution in [2.24, 2.45) is 0 Å². The van der Waals surface area contributed by atoms with Gasteiger partial charge in [-0.05, 0) is 42.8 Å². The molecule has 0 bridgehead atoms. The van der Waals surface area contributed by atoms with Crippen LogP contribution in [-0.2, 0) is 22.6 Å². The summed E-state index contributed by atoms with van der Waals surface area (Å²) in [5.74, 6) is 0.984. The van der Waals surface area contributed by atoms with Gasteiger partial charge < -0.3 is 19.9 Å². The van der Waals surface area contributed by atoms with Crippen LogP contribution in [0.25, 0.3) is 0 Å². The van der Waals surface area contributed by atoms with Gasteiger partial charge in [0.1, 0.15) is 5.75 Å². The largest absolute Gasteiger partial charge is 0.497 e. The molecule has 8 nitrogen and oxygen atoms in total. The summed E-state index contributed by atoms with van der Waals surface area (Å²) in [6.07, 6.45) is 1.93. The van der Waals surface area contributed by atoms with E-state index in [1.165, 1.54) is 11.8 Å². The number of thioether (sulfide) groups is 1. The van der Waals surface area contributed by atoms with Crippen molar-refractivity contribution in [3.05, 3.63) is 76.6 Å². The quantitative estimate of drug-likeness (QED) is 0.268. The van der Waals surface area contributed by atoms with Crippen LogP contribution in [0.1, 0.15) is 24.4 Å². The number of carbonyl (C=O) groups is 2. The van der Waals surface area contributed by atoms with Crippen LogP contribution in [0.4, 0.5) is 5.69 Å². The van der Waals surface area contributed by atoms with Gasteiger partial charge >= 0.3 is 0 Å². The van der Waals surface area contributed by atoms with Crippen molar-refractivity contribution in [1.29, 1.82) is 0 Å². The Morgan fingerprint density at radius 3 is 2.57 bits per heavy atom. The first-order valence-electron chi connectivity index (χ1n) is 10.6. The van der Waals surface area contributed by atoms with E-state index in [9.17, 15) is 9.59 Å². The number of anilines is 1. The first-order chi connectivity index (χ1) is 16.8. The molecule has 0 fully saturated rings. The Bertz CT molecular complexity index is 1200. The minimum absolute atomic E-state index is 0.0897. The molecular formula is C24H25Cl2N5O3S. The van der Waals surface area contributed by atoms with Gasteiger partial charge in [-0.15, -0.1) is 16.8 Å². The van der Waals surface area contributed by atoms with Crippen molar-refractivity contribution >= 4 is 52.5 Å². The zero-order chi connectivity index (χ0) is 25.4. The van der Waals surface area contributed by atoms with Gasteiger partial charge in [0.25, 0.3) is 0 Å². The number of ether oxygens (including phenoxy) is 1. The molecule has 0 aliphatic rings. The van der Waals surface area contributed by atoms with E-state index < -0.39 is 6.04 Å². The molecule has 11 heteroatoms. The molecular weight excluding hydrogens is 509 g/mol. The number of aromatic nitrogens is 3. The van der Waals surface area contributed by atoms with E-state index in [4.69, 9.17) is 27.9 Å². The second-order valence-corrected chi connectivity index (χ2v) is 9.30. The molecule has 0 unspecified atom stereocenters. The molecule has 0 saturated carbocycles. The van der Waals surface area contributed by atoms with E-state index in [1.54, 1.807) is 31.4 Å². The molecule has 2 amide bonds. The molecule has 35 heavy (non-hydrogen) atoms. The van der Waals surface area contributed by atoms with Gasteiger partial charge in [-0.1, -0.05) is 53.2 Å². The topological polar surface area (TPSA) is 98.1 Å². The first kappa shape index (κ1) is 26.6. The number of nitrogens with zero attached hydrogens (tertiary/aromatic N) is 3. The van der Waals surface area contributed by atoms with Crippen LogP contribution in [0.3, 0.4) is 0 Å². The zero-order valence-electron chi connectivity index (χ0n) is 19.3. The maximum Gasteiger partial charge on any atom is 0.234 e. The van der Waals surface area contributed by atoms with E-state index >= 15 is 0 Å². The summed E-state index contributed by atoms with van der Waals surface area (Å²) >= 11 is 13.2. The standard InChI is InChI=1S/C24H25Cl2N5O3S/c1-4-11-31-23(15(2)27-21(32)12-16-5-8-18(34-3)9-6-16)29-30-24(31)35-14-22(33)28-20-10-7-17(25)13-19(20)26/h4-10,13,15H,1,11-12,14H2,2-3H3,(H,27,32)(H,28,33)/t15-/m1/s1. The molecule has 0 aliphatic heterocycles. The smallest absolute Gasteiger partial charge is 0.234 e. The van der Waals surface area contributed by atoms with Crippen molar-refractivity contribution in [3.8, 4) is 5.75 Å². The highest BCUT2D eigenvalue weighted by Crippen LogP contribution is 2.26. The lowest BCUT2D eigenvalue weighted by molar-refractivity contribution is -0.121. The average molecular weight is 534 g/mol. The second kappa shape index (κ2) is 12.6. The summed E-state index contributed by atoms with van der Waals surface area (Å²) in [4.78, 5) is 25.0. The van der Waals surface area contributed by atoms with Gasteiger partial charge in [0.05, 0.1) is 36.0 Å². The molecule has 1 atom stereocenters. The van der Waals surface area contributed by atoms with E-state index in [0.717, 1.165) is 11.3 Å². The number of nitrogens with one attached hydrogen (secondary N) is 2. The molecule has 184 valence electrons. The van der Waals surface area contributed by atoms with Crippen LogP contribution in [0.15, 0.2) is 60.3 Å². The molecule has 0 radical (unpaired) electrons. The SMILES string of the molecule is C=CCn1c(SCC(=O)Nc2ccc(Cl)cc2Cl)nnc1[C@@H](C)NC(=O)Cc1ccc(OC)cc1. The predicted octanol–water partition coefficient (Wildman–Crippen LogP) is 4.93. The van der Waals surface area contributed by atoms with E-state index in [0.29, 0.717) is 33.3 Å². The summed E-state index contributed by atoms with van der Waals surface area (Å²) in [7, 11) is 1.59. The first-order valence-corrected chi connectivity index (χ1v) is 12.4. The summed E-state index contributed by atoms with van der Waals surface area (Å²) < 4.78 is 6.96. The summed E-state index contributed by atoms with van der Waals surface area (Å²) in [5, 5.41) is 15.5. The van der Waals surface area contributed by atoms with Gasteiger partial charge in [0.15, 0.2) is 11.0 Å². The highest BCUT2D eigenvalue weighted by atomic mass is 35.5. The molecule has 2 N–H and O–H groups in total. The van der Waals surface area contributed by atoms with Gasteiger partial charge in [0.2, 0.25) is 11.8 Å². The summed E-state index contributed by atoms with van der Waals surface area (Å²) in [6, 6.07) is 11.8. The Hall–Kier alpha value is -3.01. The third-order valence-corrected chi connectivity index (χ3v) is 6.40. The van der Waals surface area contributed by atoms with E-state index in [1.807, 2.05) is 35.8 Å². The number of rotatable bonds is 11. The Balaban J connectivity index is 1.61. The van der Waals surface area contributed by atoms with Gasteiger partial charge in [-0.25, -0.2) is 0 Å². The number of halogens is 2. The van der Waals surface area contributed by atoms with Gasteiger partial charge in [-0.3, -0.25) is 9.59 Å². The molecule has 0 saturated heterocycles. The van der Waals surface area contributed by atoms with Crippen LogP contribution < -0.4 is 15.4 Å². The van der Waals surface area contributed by atoms with Crippen molar-refractivity contribution in [1.82, 2.24) is 20.1 Å². The fourth-order valence-corrected chi connectivity index (χ4v) is 4.43. The lowest BCUT2D eigenvalue weighted by Crippen LogP contribution is -2.30. The zero-order valence-corrected chi connectivity index (χ0v) is 21.6. The molecule has 1 heterocycles. The number of methoxy groups -OCH3 is 1. The Morgan fingerprint density at radius 1 is 1.17 bits per heavy atom. The number of allylic oxidation sites excluding steroid dienone is 1. The summed E-state index contributed by atoms with van der Waals surface area (Å²) in [6.45, 7) is 6.05. The number of hydrogen-bond donors (Lipinski definition) is 2. The lowest BCUT2D eigenvalue weighted by Gasteiger charge is -2.15. The van der Waals surface area contributed by atoms with Crippen molar-refractivity contribution in [2.75, 3.05) is 18.2 Å². The van der Waals surface area contributed by atoms with Crippen molar-refractivity contribution in [3.63, 3.8) is 0 Å². The van der Waals surface area contributed by atoms with E-state index in [2.05, 4.69) is 27.4 Å². The molecule has 0 aliphatic carbocycles. The average Bonchev–Trinajstić information content (AvgIpc) is 3.23. The molecule has 0 spiro atoms. The minimum Gasteiger partial charge on any atom is -0.497 e. The number of carbonyl (C=O) groups excluding carboxylic acids is 2. The maximum absolute atomic E-state index is 12.6. The molecule has 3 aromatic rings. The third-order valence-electron chi connectivity index (χ3n) is 4.88. The number of hydrogen-bond acceptors (Lipinski definition) is 6. The third kappa shape index (κ3) is 7.48. The van der Waals surface area contributed by atoms with Crippen LogP contribution in [0.2, 0.25) is 10.0 Å².